The lowest BCUT2D eigenvalue weighted by Gasteiger charge is -2.15. The van der Waals surface area contributed by atoms with E-state index in [0.717, 1.165) is 21.7 Å². The third-order valence-electron chi connectivity index (χ3n) is 2.69. The molecule has 1 amide bonds. The average molecular weight is 363 g/mol. The Bertz CT molecular complexity index is 792. The van der Waals surface area contributed by atoms with Gasteiger partial charge in [0.05, 0.1) is 10.9 Å². The molecule has 0 aliphatic carbocycles. The van der Waals surface area contributed by atoms with E-state index in [4.69, 9.17) is 11.6 Å². The molecule has 5 nitrogen and oxygen atoms in total. The number of benzene rings is 1. The van der Waals surface area contributed by atoms with Crippen LogP contribution < -0.4 is 5.32 Å². The highest BCUT2D eigenvalue weighted by Crippen LogP contribution is 2.27. The number of hydrogen-bond acceptors (Lipinski definition) is 4. The Kier molecular flexibility index (Phi) is 5.17. The maximum atomic E-state index is 13.0. The van der Waals surface area contributed by atoms with Crippen molar-refractivity contribution >= 4 is 44.6 Å². The molecule has 22 heavy (non-hydrogen) atoms. The van der Waals surface area contributed by atoms with Crippen LogP contribution in [-0.4, -0.2) is 32.2 Å². The van der Waals surface area contributed by atoms with Crippen LogP contribution in [0.5, 0.6) is 0 Å². The summed E-state index contributed by atoms with van der Waals surface area (Å²) in [6.07, 6.45) is 0. The Hall–Kier alpha value is -1.48. The van der Waals surface area contributed by atoms with Crippen LogP contribution >= 0.6 is 22.9 Å². The minimum Gasteiger partial charge on any atom is -0.325 e. The summed E-state index contributed by atoms with van der Waals surface area (Å²) >= 11 is 6.63. The van der Waals surface area contributed by atoms with Gasteiger partial charge in [-0.2, -0.15) is 4.31 Å². The Morgan fingerprint density at radius 3 is 2.68 bits per heavy atom. The van der Waals surface area contributed by atoms with Gasteiger partial charge in [-0.1, -0.05) is 17.7 Å². The average Bonchev–Trinajstić information content (AvgIpc) is 2.85. The molecule has 1 aromatic carbocycles. The summed E-state index contributed by atoms with van der Waals surface area (Å²) in [5, 5.41) is 2.43. The number of halogens is 2. The predicted octanol–water partition coefficient (Wildman–Crippen LogP) is 2.80. The Balaban J connectivity index is 2.05. The van der Waals surface area contributed by atoms with Crippen LogP contribution in [0.1, 0.15) is 0 Å². The van der Waals surface area contributed by atoms with Crippen LogP contribution in [-0.2, 0) is 14.8 Å². The second-order valence-corrected chi connectivity index (χ2v) is 8.36. The van der Waals surface area contributed by atoms with Crippen molar-refractivity contribution in [2.75, 3.05) is 18.9 Å². The number of carbonyl (C=O) groups is 1. The number of hydrogen-bond donors (Lipinski definition) is 1. The molecule has 0 saturated carbocycles. The fourth-order valence-corrected chi connectivity index (χ4v) is 4.46. The number of anilines is 1. The smallest absolute Gasteiger partial charge is 0.252 e. The van der Waals surface area contributed by atoms with E-state index < -0.39 is 28.3 Å². The number of rotatable bonds is 5. The molecule has 1 aromatic heterocycles. The molecule has 0 spiro atoms. The van der Waals surface area contributed by atoms with E-state index in [9.17, 15) is 17.6 Å². The number of likely N-dealkylation sites (N-methyl/N-ethyl adjacent to an activating group) is 1. The standard InChI is InChI=1S/C13H12ClFN2O3S2/c1-17(22(19,20)13-6-5-11(14)21-13)8-12(18)16-10-4-2-3-9(15)7-10/h2-7H,8H2,1H3,(H,16,18). The molecular formula is C13H12ClFN2O3S2. The van der Waals surface area contributed by atoms with E-state index in [2.05, 4.69) is 5.32 Å². The lowest BCUT2D eigenvalue weighted by atomic mass is 10.3. The van der Waals surface area contributed by atoms with Gasteiger partial charge in [0.2, 0.25) is 5.91 Å². The molecule has 118 valence electrons. The minimum absolute atomic E-state index is 0.0542. The first-order valence-electron chi connectivity index (χ1n) is 6.06. The van der Waals surface area contributed by atoms with Gasteiger partial charge in [-0.25, -0.2) is 12.8 Å². The number of thiophene rings is 1. The quantitative estimate of drug-likeness (QED) is 0.889. The van der Waals surface area contributed by atoms with E-state index >= 15 is 0 Å². The van der Waals surface area contributed by atoms with Crippen LogP contribution in [0, 0.1) is 5.82 Å². The summed E-state index contributed by atoms with van der Waals surface area (Å²) in [5.74, 6) is -1.06. The largest absolute Gasteiger partial charge is 0.325 e. The number of sulfonamides is 1. The van der Waals surface area contributed by atoms with Crippen LogP contribution in [0.4, 0.5) is 10.1 Å². The fourth-order valence-electron chi connectivity index (χ4n) is 1.64. The molecular weight excluding hydrogens is 351 g/mol. The third-order valence-corrected chi connectivity index (χ3v) is 6.19. The second kappa shape index (κ2) is 6.74. The summed E-state index contributed by atoms with van der Waals surface area (Å²) < 4.78 is 38.8. The zero-order valence-electron chi connectivity index (χ0n) is 11.4. The van der Waals surface area contributed by atoms with Gasteiger partial charge < -0.3 is 5.32 Å². The molecule has 1 heterocycles. The fraction of sp³-hybridized carbons (Fsp3) is 0.154. The van der Waals surface area contributed by atoms with E-state index in [-0.39, 0.29) is 9.90 Å². The van der Waals surface area contributed by atoms with Gasteiger partial charge in [0.1, 0.15) is 10.0 Å². The van der Waals surface area contributed by atoms with Crippen molar-refractivity contribution in [2.45, 2.75) is 4.21 Å². The van der Waals surface area contributed by atoms with Gasteiger partial charge in [-0.3, -0.25) is 4.79 Å². The normalized spacial score (nSPS) is 11.6. The third kappa shape index (κ3) is 4.04. The predicted molar refractivity (Wildman–Crippen MR) is 84.2 cm³/mol. The first kappa shape index (κ1) is 16.9. The van der Waals surface area contributed by atoms with Gasteiger partial charge in [-0.15, -0.1) is 11.3 Å². The number of carbonyl (C=O) groups excluding carboxylic acids is 1. The van der Waals surface area contributed by atoms with Gasteiger partial charge >= 0.3 is 0 Å². The summed E-state index contributed by atoms with van der Waals surface area (Å²) in [5.41, 5.74) is 0.259. The molecule has 0 aliphatic heterocycles. The van der Waals surface area contributed by atoms with E-state index in [1.165, 1.54) is 37.4 Å². The second-order valence-electron chi connectivity index (χ2n) is 4.38. The number of amides is 1. The van der Waals surface area contributed by atoms with E-state index in [0.29, 0.717) is 4.34 Å². The Morgan fingerprint density at radius 2 is 2.09 bits per heavy atom. The molecule has 2 rings (SSSR count). The lowest BCUT2D eigenvalue weighted by molar-refractivity contribution is -0.116. The van der Waals surface area contributed by atoms with Gasteiger partial charge in [-0.05, 0) is 30.3 Å². The molecule has 1 N–H and O–H groups in total. The molecule has 2 aromatic rings. The van der Waals surface area contributed by atoms with Crippen LogP contribution in [0.15, 0.2) is 40.6 Å². The molecule has 0 fully saturated rings. The lowest BCUT2D eigenvalue weighted by Crippen LogP contribution is -2.34. The van der Waals surface area contributed by atoms with Crippen molar-refractivity contribution < 1.29 is 17.6 Å². The SMILES string of the molecule is CN(CC(=O)Nc1cccc(F)c1)S(=O)(=O)c1ccc(Cl)s1. The van der Waals surface area contributed by atoms with Crippen LogP contribution in [0.3, 0.4) is 0 Å². The molecule has 0 saturated heterocycles. The van der Waals surface area contributed by atoms with Crippen molar-refractivity contribution in [3.05, 3.63) is 46.6 Å². The van der Waals surface area contributed by atoms with E-state index in [1.54, 1.807) is 0 Å². The highest BCUT2D eigenvalue weighted by atomic mass is 35.5. The summed E-state index contributed by atoms with van der Waals surface area (Å²) in [6.45, 7) is -0.394. The highest BCUT2D eigenvalue weighted by Gasteiger charge is 2.24. The minimum atomic E-state index is -3.78. The van der Waals surface area contributed by atoms with Crippen LogP contribution in [0.25, 0.3) is 0 Å². The maximum absolute atomic E-state index is 13.0. The monoisotopic (exact) mass is 362 g/mol. The molecule has 0 atom stereocenters. The molecule has 0 radical (unpaired) electrons. The van der Waals surface area contributed by atoms with Crippen molar-refractivity contribution in [1.29, 1.82) is 0 Å². The van der Waals surface area contributed by atoms with Gasteiger partial charge in [0.15, 0.2) is 0 Å². The van der Waals surface area contributed by atoms with Crippen molar-refractivity contribution in [1.82, 2.24) is 4.31 Å². The molecule has 0 bridgehead atoms. The van der Waals surface area contributed by atoms with Crippen molar-refractivity contribution in [3.8, 4) is 0 Å². The Labute approximate surface area is 136 Å². The van der Waals surface area contributed by atoms with Gasteiger partial charge in [0.25, 0.3) is 10.0 Å². The Morgan fingerprint density at radius 1 is 1.36 bits per heavy atom. The molecule has 0 unspecified atom stereocenters. The van der Waals surface area contributed by atoms with Crippen molar-refractivity contribution in [2.24, 2.45) is 0 Å². The maximum Gasteiger partial charge on any atom is 0.252 e. The molecule has 0 aliphatic rings. The van der Waals surface area contributed by atoms with E-state index in [1.807, 2.05) is 0 Å². The summed E-state index contributed by atoms with van der Waals surface area (Å²) in [6, 6.07) is 8.19. The zero-order valence-corrected chi connectivity index (χ0v) is 13.8. The number of nitrogens with one attached hydrogen (secondary N) is 1. The first-order valence-corrected chi connectivity index (χ1v) is 8.69. The van der Waals surface area contributed by atoms with Crippen LogP contribution in [0.2, 0.25) is 4.34 Å². The summed E-state index contributed by atoms with van der Waals surface area (Å²) in [4.78, 5) is 11.9. The zero-order chi connectivity index (χ0) is 16.3. The molecule has 9 heteroatoms. The van der Waals surface area contributed by atoms with Crippen molar-refractivity contribution in [3.63, 3.8) is 0 Å². The van der Waals surface area contributed by atoms with Gasteiger partial charge in [0, 0.05) is 12.7 Å². The topological polar surface area (TPSA) is 66.5 Å². The first-order chi connectivity index (χ1) is 10.3. The summed E-state index contributed by atoms with van der Waals surface area (Å²) in [7, 11) is -2.50. The highest BCUT2D eigenvalue weighted by molar-refractivity contribution is 7.91. The number of nitrogens with zero attached hydrogens (tertiary/aromatic N) is 1.